The average Bonchev–Trinajstić information content (AvgIpc) is 3.01. The third-order valence-electron chi connectivity index (χ3n) is 5.74. The number of benzene rings is 1. The Labute approximate surface area is 167 Å². The minimum absolute atomic E-state index is 0.223. The van der Waals surface area contributed by atoms with Gasteiger partial charge in [0, 0.05) is 12.3 Å². The van der Waals surface area contributed by atoms with Gasteiger partial charge in [-0.05, 0) is 24.0 Å². The lowest BCUT2D eigenvalue weighted by Crippen LogP contribution is -2.44. The summed E-state index contributed by atoms with van der Waals surface area (Å²) in [5.41, 5.74) is 3.71. The third kappa shape index (κ3) is 5.55. The van der Waals surface area contributed by atoms with E-state index in [4.69, 9.17) is 5.21 Å². The molecule has 0 unspecified atom stereocenters. The van der Waals surface area contributed by atoms with Gasteiger partial charge in [-0.3, -0.25) is 14.8 Å². The van der Waals surface area contributed by atoms with Crippen molar-refractivity contribution in [3.63, 3.8) is 0 Å². The first-order valence-electron chi connectivity index (χ1n) is 10.5. The first kappa shape index (κ1) is 22.4. The Balaban J connectivity index is 2.16. The molecule has 1 aromatic rings. The Bertz CT molecular complexity index is 649. The van der Waals surface area contributed by atoms with E-state index in [9.17, 15) is 14.7 Å². The lowest BCUT2D eigenvalue weighted by atomic mass is 9.83. The first-order chi connectivity index (χ1) is 13.5. The molecule has 0 spiro atoms. The van der Waals surface area contributed by atoms with Gasteiger partial charge >= 0.3 is 0 Å². The van der Waals surface area contributed by atoms with Crippen molar-refractivity contribution in [3.05, 3.63) is 35.4 Å². The minimum atomic E-state index is -0.668. The molecule has 6 nitrogen and oxygen atoms in total. The van der Waals surface area contributed by atoms with Gasteiger partial charge in [-0.25, -0.2) is 5.48 Å². The fraction of sp³-hybridized carbons (Fsp3) is 0.636. The molecule has 0 fully saturated rings. The number of nitrogens with one attached hydrogen (secondary N) is 2. The predicted molar refractivity (Wildman–Crippen MR) is 108 cm³/mol. The number of carbonyl (C=O) groups excluding carboxylic acids is 2. The molecule has 0 radical (unpaired) electrons. The lowest BCUT2D eigenvalue weighted by molar-refractivity contribution is -0.141. The zero-order chi connectivity index (χ0) is 20.5. The highest BCUT2D eigenvalue weighted by atomic mass is 16.5. The molecule has 156 valence electrons. The molecule has 0 heterocycles. The Morgan fingerprint density at radius 1 is 1.04 bits per heavy atom. The van der Waals surface area contributed by atoms with Gasteiger partial charge in [0.2, 0.25) is 11.8 Å². The van der Waals surface area contributed by atoms with Crippen LogP contribution in [-0.4, -0.2) is 28.2 Å². The van der Waals surface area contributed by atoms with Crippen LogP contribution in [0.2, 0.25) is 0 Å². The SMILES string of the molecule is CCCCCC[C@@H](C(=O)N[C@H]1c2ccccc2C[C@H]1O)[C@H](CCC)C(=O)NO. The normalized spacial score (nSPS) is 20.3. The molecule has 0 saturated heterocycles. The van der Waals surface area contributed by atoms with Crippen LogP contribution in [0.15, 0.2) is 24.3 Å². The smallest absolute Gasteiger partial charge is 0.247 e. The summed E-state index contributed by atoms with van der Waals surface area (Å²) >= 11 is 0. The monoisotopic (exact) mass is 390 g/mol. The van der Waals surface area contributed by atoms with Gasteiger partial charge in [-0.2, -0.15) is 0 Å². The maximum Gasteiger partial charge on any atom is 0.247 e. The maximum absolute atomic E-state index is 13.2. The van der Waals surface area contributed by atoms with E-state index < -0.39 is 29.9 Å². The van der Waals surface area contributed by atoms with Crippen LogP contribution in [0.1, 0.15) is 76.0 Å². The molecule has 1 aliphatic rings. The van der Waals surface area contributed by atoms with Crippen LogP contribution < -0.4 is 10.8 Å². The molecular formula is C22H34N2O4. The number of aliphatic hydroxyl groups is 1. The van der Waals surface area contributed by atoms with E-state index in [0.717, 1.165) is 43.2 Å². The molecule has 28 heavy (non-hydrogen) atoms. The number of hydrogen-bond donors (Lipinski definition) is 4. The largest absolute Gasteiger partial charge is 0.390 e. The number of aliphatic hydroxyl groups excluding tert-OH is 1. The molecule has 4 N–H and O–H groups in total. The van der Waals surface area contributed by atoms with Crippen LogP contribution in [0.5, 0.6) is 0 Å². The lowest BCUT2D eigenvalue weighted by Gasteiger charge is -2.27. The van der Waals surface area contributed by atoms with Gasteiger partial charge in [0.1, 0.15) is 0 Å². The summed E-state index contributed by atoms with van der Waals surface area (Å²) < 4.78 is 0. The number of hydroxylamine groups is 1. The number of carbonyl (C=O) groups is 2. The van der Waals surface area contributed by atoms with Crippen LogP contribution in [0.4, 0.5) is 0 Å². The summed E-state index contributed by atoms with van der Waals surface area (Å²) in [5, 5.41) is 22.6. The highest BCUT2D eigenvalue weighted by Crippen LogP contribution is 2.33. The summed E-state index contributed by atoms with van der Waals surface area (Å²) in [6.07, 6.45) is 5.76. The van der Waals surface area contributed by atoms with Gasteiger partial charge in [-0.15, -0.1) is 0 Å². The molecule has 0 aliphatic heterocycles. The van der Waals surface area contributed by atoms with Gasteiger partial charge < -0.3 is 10.4 Å². The number of hydrogen-bond acceptors (Lipinski definition) is 4. The van der Waals surface area contributed by atoms with Crippen molar-refractivity contribution in [2.45, 2.75) is 77.4 Å². The van der Waals surface area contributed by atoms with Crippen molar-refractivity contribution in [2.24, 2.45) is 11.8 Å². The summed E-state index contributed by atoms with van der Waals surface area (Å²) in [5.74, 6) is -1.83. The van der Waals surface area contributed by atoms with E-state index in [1.165, 1.54) is 0 Å². The standard InChI is InChI=1S/C22H34N2O4/c1-3-5-6-7-13-18(17(10-4-2)22(27)24-28)21(26)23-20-16-12-9-8-11-15(16)14-19(20)25/h8-9,11-12,17-20,25,28H,3-7,10,13-14H2,1-2H3,(H,23,26)(H,24,27)/t17-,18+,19+,20-/m0/s1. The molecule has 2 rings (SSSR count). The van der Waals surface area contributed by atoms with E-state index in [1.807, 2.05) is 31.2 Å². The molecule has 0 bridgehead atoms. The van der Waals surface area contributed by atoms with E-state index in [1.54, 1.807) is 5.48 Å². The second-order valence-electron chi connectivity index (χ2n) is 7.78. The van der Waals surface area contributed by atoms with Gasteiger partial charge in [0.25, 0.3) is 0 Å². The van der Waals surface area contributed by atoms with Crippen LogP contribution in [-0.2, 0) is 16.0 Å². The van der Waals surface area contributed by atoms with Crippen molar-refractivity contribution < 1.29 is 19.9 Å². The highest BCUT2D eigenvalue weighted by Gasteiger charge is 2.37. The summed E-state index contributed by atoms with van der Waals surface area (Å²) in [6, 6.07) is 7.26. The Kier molecular flexibility index (Phi) is 8.93. The molecule has 4 atom stereocenters. The van der Waals surface area contributed by atoms with Crippen LogP contribution in [0.3, 0.4) is 0 Å². The van der Waals surface area contributed by atoms with Crippen molar-refractivity contribution in [1.82, 2.24) is 10.8 Å². The Hall–Kier alpha value is -1.92. The van der Waals surface area contributed by atoms with Crippen LogP contribution in [0.25, 0.3) is 0 Å². The summed E-state index contributed by atoms with van der Waals surface area (Å²) in [4.78, 5) is 25.4. The number of amides is 2. The van der Waals surface area contributed by atoms with Crippen molar-refractivity contribution in [2.75, 3.05) is 0 Å². The fourth-order valence-electron chi connectivity index (χ4n) is 4.22. The molecule has 1 aromatic carbocycles. The van der Waals surface area contributed by atoms with Crippen LogP contribution in [0, 0.1) is 11.8 Å². The molecule has 1 aliphatic carbocycles. The number of rotatable bonds is 11. The first-order valence-corrected chi connectivity index (χ1v) is 10.5. The van der Waals surface area contributed by atoms with E-state index in [-0.39, 0.29) is 5.91 Å². The quantitative estimate of drug-likeness (QED) is 0.265. The molecule has 6 heteroatoms. The zero-order valence-electron chi connectivity index (χ0n) is 17.0. The molecular weight excluding hydrogens is 356 g/mol. The molecule has 2 amide bonds. The van der Waals surface area contributed by atoms with Gasteiger partial charge in [-0.1, -0.05) is 70.2 Å². The maximum atomic E-state index is 13.2. The topological polar surface area (TPSA) is 98.7 Å². The van der Waals surface area contributed by atoms with Crippen molar-refractivity contribution in [1.29, 1.82) is 0 Å². The van der Waals surface area contributed by atoms with Crippen LogP contribution >= 0.6 is 0 Å². The highest BCUT2D eigenvalue weighted by molar-refractivity contribution is 5.87. The molecule has 0 aromatic heterocycles. The second kappa shape index (κ2) is 11.2. The fourth-order valence-corrected chi connectivity index (χ4v) is 4.22. The second-order valence-corrected chi connectivity index (χ2v) is 7.78. The predicted octanol–water partition coefficient (Wildman–Crippen LogP) is 3.27. The van der Waals surface area contributed by atoms with Crippen molar-refractivity contribution >= 4 is 11.8 Å². The molecule has 0 saturated carbocycles. The van der Waals surface area contributed by atoms with Crippen molar-refractivity contribution in [3.8, 4) is 0 Å². The van der Waals surface area contributed by atoms with E-state index >= 15 is 0 Å². The number of unbranched alkanes of at least 4 members (excludes halogenated alkanes) is 3. The number of fused-ring (bicyclic) bond motifs is 1. The summed E-state index contributed by atoms with van der Waals surface area (Å²) in [7, 11) is 0. The summed E-state index contributed by atoms with van der Waals surface area (Å²) in [6.45, 7) is 4.09. The van der Waals surface area contributed by atoms with E-state index in [0.29, 0.717) is 19.3 Å². The zero-order valence-corrected chi connectivity index (χ0v) is 17.0. The Morgan fingerprint density at radius 3 is 2.43 bits per heavy atom. The minimum Gasteiger partial charge on any atom is -0.390 e. The van der Waals surface area contributed by atoms with Gasteiger partial charge in [0.05, 0.1) is 18.1 Å². The van der Waals surface area contributed by atoms with Gasteiger partial charge in [0.15, 0.2) is 0 Å². The third-order valence-corrected chi connectivity index (χ3v) is 5.74. The van der Waals surface area contributed by atoms with E-state index in [2.05, 4.69) is 12.2 Å². The Morgan fingerprint density at radius 2 is 1.75 bits per heavy atom. The average molecular weight is 391 g/mol.